The van der Waals surface area contributed by atoms with Crippen LogP contribution in [-0.4, -0.2) is 47.1 Å². The average Bonchev–Trinajstić information content (AvgIpc) is 3.10. The fraction of sp³-hybridized carbons (Fsp3) is 0.526. The number of nitrogens with one attached hydrogen (secondary N) is 1. The van der Waals surface area contributed by atoms with Crippen LogP contribution in [0.2, 0.25) is 0 Å². The first-order valence-electron chi connectivity index (χ1n) is 9.17. The van der Waals surface area contributed by atoms with Gasteiger partial charge in [-0.3, -0.25) is 4.79 Å². The van der Waals surface area contributed by atoms with Gasteiger partial charge in [-0.25, -0.2) is 4.98 Å². The van der Waals surface area contributed by atoms with Gasteiger partial charge in [0.1, 0.15) is 10.8 Å². The molecule has 1 amide bonds. The second-order valence-corrected chi connectivity index (χ2v) is 7.58. The first-order chi connectivity index (χ1) is 12.7. The number of carbonyl (C=O) groups excluding carboxylic acids is 1. The molecule has 7 heteroatoms. The molecular formula is C19H26N4O2S. The number of thioether (sulfide) groups is 1. The summed E-state index contributed by atoms with van der Waals surface area (Å²) in [7, 11) is 0. The molecule has 0 aromatic carbocycles. The van der Waals surface area contributed by atoms with Crippen molar-refractivity contribution < 1.29 is 9.32 Å². The van der Waals surface area contributed by atoms with E-state index in [4.69, 9.17) is 4.52 Å². The van der Waals surface area contributed by atoms with Crippen LogP contribution < -0.4 is 5.32 Å². The van der Waals surface area contributed by atoms with Gasteiger partial charge in [0.15, 0.2) is 0 Å². The van der Waals surface area contributed by atoms with Crippen LogP contribution in [0.3, 0.4) is 0 Å². The summed E-state index contributed by atoms with van der Waals surface area (Å²) in [5.41, 5.74) is 1.55. The molecule has 1 saturated heterocycles. The predicted molar refractivity (Wildman–Crippen MR) is 102 cm³/mol. The average molecular weight is 375 g/mol. The van der Waals surface area contributed by atoms with Crippen LogP contribution >= 0.6 is 11.8 Å². The van der Waals surface area contributed by atoms with E-state index in [1.165, 1.54) is 11.8 Å². The molecule has 0 unspecified atom stereocenters. The number of carbonyl (C=O) groups is 1. The van der Waals surface area contributed by atoms with Gasteiger partial charge in [0.2, 0.25) is 0 Å². The zero-order valence-electron chi connectivity index (χ0n) is 15.4. The van der Waals surface area contributed by atoms with Crippen molar-refractivity contribution in [1.29, 1.82) is 0 Å². The largest absolute Gasteiger partial charge is 0.361 e. The van der Waals surface area contributed by atoms with Crippen molar-refractivity contribution in [1.82, 2.24) is 20.4 Å². The summed E-state index contributed by atoms with van der Waals surface area (Å²) in [4.78, 5) is 19.4. The Morgan fingerprint density at radius 3 is 2.92 bits per heavy atom. The summed E-state index contributed by atoms with van der Waals surface area (Å²) in [6.45, 7) is 7.67. The van der Waals surface area contributed by atoms with E-state index >= 15 is 0 Å². The first-order valence-corrected chi connectivity index (χ1v) is 10.2. The quantitative estimate of drug-likeness (QED) is 0.751. The van der Waals surface area contributed by atoms with E-state index in [9.17, 15) is 4.79 Å². The van der Waals surface area contributed by atoms with Crippen LogP contribution in [0, 0.1) is 12.8 Å². The molecule has 0 radical (unpaired) electrons. The Morgan fingerprint density at radius 1 is 1.42 bits per heavy atom. The molecule has 0 atom stereocenters. The Hall–Kier alpha value is -1.86. The first kappa shape index (κ1) is 18.9. The van der Waals surface area contributed by atoms with E-state index in [0.29, 0.717) is 17.2 Å². The maximum atomic E-state index is 13.0. The van der Waals surface area contributed by atoms with Crippen molar-refractivity contribution in [3.8, 4) is 0 Å². The summed E-state index contributed by atoms with van der Waals surface area (Å²) in [6, 6.07) is 5.61. The molecule has 0 spiro atoms. The molecule has 140 valence electrons. The van der Waals surface area contributed by atoms with Crippen LogP contribution in [0.4, 0.5) is 0 Å². The van der Waals surface area contributed by atoms with Gasteiger partial charge < -0.3 is 14.7 Å². The minimum Gasteiger partial charge on any atom is -0.361 e. The number of rotatable bonds is 7. The molecule has 1 aliphatic rings. The molecule has 2 aromatic rings. The normalized spacial score (nSPS) is 15.4. The Labute approximate surface area is 158 Å². The third kappa shape index (κ3) is 4.86. The van der Waals surface area contributed by atoms with E-state index in [1.807, 2.05) is 30.0 Å². The van der Waals surface area contributed by atoms with Crippen molar-refractivity contribution in [2.75, 3.05) is 26.2 Å². The molecule has 26 heavy (non-hydrogen) atoms. The van der Waals surface area contributed by atoms with Gasteiger partial charge in [-0.15, -0.1) is 0 Å². The van der Waals surface area contributed by atoms with E-state index in [0.717, 1.165) is 55.5 Å². The topological polar surface area (TPSA) is 71.3 Å². The highest BCUT2D eigenvalue weighted by atomic mass is 32.2. The lowest BCUT2D eigenvalue weighted by molar-refractivity contribution is 0.0686. The third-order valence-corrected chi connectivity index (χ3v) is 5.66. The molecule has 0 saturated carbocycles. The highest BCUT2D eigenvalue weighted by Crippen LogP contribution is 2.26. The summed E-state index contributed by atoms with van der Waals surface area (Å²) in [5.74, 6) is 2.17. The number of hydrogen-bond donors (Lipinski definition) is 1. The number of likely N-dealkylation sites (tertiary alicyclic amines) is 1. The Bertz CT molecular complexity index is 726. The zero-order valence-corrected chi connectivity index (χ0v) is 16.2. The molecule has 0 bridgehead atoms. The second kappa shape index (κ2) is 9.19. The number of pyridine rings is 1. The van der Waals surface area contributed by atoms with Crippen molar-refractivity contribution in [2.24, 2.45) is 5.92 Å². The minimum atomic E-state index is 0.0823. The zero-order chi connectivity index (χ0) is 18.4. The SMILES string of the molecule is CCNCC1CCN(C(=O)c2cccnc2SCc2cc(C)on2)CC1. The number of nitrogens with zero attached hydrogens (tertiary/aromatic N) is 3. The predicted octanol–water partition coefficient (Wildman–Crippen LogP) is 3.13. The highest BCUT2D eigenvalue weighted by Gasteiger charge is 2.25. The molecule has 6 nitrogen and oxygen atoms in total. The third-order valence-electron chi connectivity index (χ3n) is 4.62. The molecule has 0 aliphatic carbocycles. The lowest BCUT2D eigenvalue weighted by Gasteiger charge is -2.32. The van der Waals surface area contributed by atoms with Crippen LogP contribution in [0.15, 0.2) is 33.9 Å². The molecule has 2 aromatic heterocycles. The van der Waals surface area contributed by atoms with E-state index in [2.05, 4.69) is 22.4 Å². The van der Waals surface area contributed by atoms with Crippen molar-refractivity contribution in [2.45, 2.75) is 37.5 Å². The van der Waals surface area contributed by atoms with E-state index in [-0.39, 0.29) is 5.91 Å². The summed E-state index contributed by atoms with van der Waals surface area (Å²) >= 11 is 1.53. The van der Waals surface area contributed by atoms with Crippen LogP contribution in [-0.2, 0) is 5.75 Å². The standard InChI is InChI=1S/C19H26N4O2S/c1-3-20-12-15-6-9-23(10-7-15)19(24)17-5-4-8-21-18(17)26-13-16-11-14(2)25-22-16/h4-5,8,11,15,20H,3,6-7,9-10,12-13H2,1-2H3. The number of aromatic nitrogens is 2. The Balaban J connectivity index is 1.61. The van der Waals surface area contributed by atoms with Crippen molar-refractivity contribution in [3.05, 3.63) is 41.4 Å². The molecule has 3 heterocycles. The molecule has 3 rings (SSSR count). The van der Waals surface area contributed by atoms with Gasteiger partial charge in [-0.2, -0.15) is 0 Å². The smallest absolute Gasteiger partial charge is 0.256 e. The fourth-order valence-corrected chi connectivity index (χ4v) is 4.02. The molecule has 1 N–H and O–H groups in total. The van der Waals surface area contributed by atoms with Crippen LogP contribution in [0.25, 0.3) is 0 Å². The van der Waals surface area contributed by atoms with Crippen LogP contribution in [0.5, 0.6) is 0 Å². The van der Waals surface area contributed by atoms with Gasteiger partial charge in [0.05, 0.1) is 11.3 Å². The highest BCUT2D eigenvalue weighted by molar-refractivity contribution is 7.98. The number of hydrogen-bond acceptors (Lipinski definition) is 6. The van der Waals surface area contributed by atoms with Crippen molar-refractivity contribution in [3.63, 3.8) is 0 Å². The lowest BCUT2D eigenvalue weighted by Crippen LogP contribution is -2.41. The molecule has 1 aliphatic heterocycles. The van der Waals surface area contributed by atoms with Gasteiger partial charge in [-0.05, 0) is 50.9 Å². The monoisotopic (exact) mass is 374 g/mol. The van der Waals surface area contributed by atoms with Gasteiger partial charge in [0, 0.05) is 31.1 Å². The van der Waals surface area contributed by atoms with Gasteiger partial charge >= 0.3 is 0 Å². The van der Waals surface area contributed by atoms with Gasteiger partial charge in [0.25, 0.3) is 5.91 Å². The number of piperidine rings is 1. The molecular weight excluding hydrogens is 348 g/mol. The maximum Gasteiger partial charge on any atom is 0.256 e. The number of amides is 1. The summed E-state index contributed by atoms with van der Waals surface area (Å²) in [6.07, 6.45) is 3.84. The van der Waals surface area contributed by atoms with E-state index in [1.54, 1.807) is 6.20 Å². The molecule has 1 fully saturated rings. The fourth-order valence-electron chi connectivity index (χ4n) is 3.16. The van der Waals surface area contributed by atoms with Crippen molar-refractivity contribution >= 4 is 17.7 Å². The maximum absolute atomic E-state index is 13.0. The summed E-state index contributed by atoms with van der Waals surface area (Å²) < 4.78 is 5.10. The number of aryl methyl sites for hydroxylation is 1. The minimum absolute atomic E-state index is 0.0823. The summed E-state index contributed by atoms with van der Waals surface area (Å²) in [5, 5.41) is 8.17. The Morgan fingerprint density at radius 2 is 2.23 bits per heavy atom. The Kier molecular flexibility index (Phi) is 6.68. The lowest BCUT2D eigenvalue weighted by atomic mass is 9.96. The van der Waals surface area contributed by atoms with Gasteiger partial charge in [-0.1, -0.05) is 23.8 Å². The van der Waals surface area contributed by atoms with E-state index < -0.39 is 0 Å². The van der Waals surface area contributed by atoms with Crippen LogP contribution in [0.1, 0.15) is 41.6 Å². The second-order valence-electron chi connectivity index (χ2n) is 6.62.